The van der Waals surface area contributed by atoms with Gasteiger partial charge in [-0.1, -0.05) is 0 Å². The fraction of sp³-hybridized carbons (Fsp3) is 0.286. The van der Waals surface area contributed by atoms with E-state index in [0.717, 1.165) is 0 Å². The molecule has 0 spiro atoms. The van der Waals surface area contributed by atoms with Gasteiger partial charge in [0, 0.05) is 6.20 Å². The van der Waals surface area contributed by atoms with E-state index in [1.807, 2.05) is 0 Å². The number of hydrogen-bond donors (Lipinski definition) is 2. The van der Waals surface area contributed by atoms with Crippen LogP contribution in [0, 0.1) is 0 Å². The molecule has 1 atom stereocenters. The first kappa shape index (κ1) is 7.02. The first-order valence-corrected chi connectivity index (χ1v) is 3.15. The summed E-state index contributed by atoms with van der Waals surface area (Å²) in [6, 6.07) is 3.07. The van der Waals surface area contributed by atoms with Crippen LogP contribution in [0.1, 0.15) is 17.4 Å². The zero-order valence-corrected chi connectivity index (χ0v) is 5.79. The number of ketones is 1. The number of nitrogens with two attached hydrogens (primary N) is 1. The lowest BCUT2D eigenvalue weighted by atomic mass is 10.2. The van der Waals surface area contributed by atoms with Crippen molar-refractivity contribution in [3.8, 4) is 0 Å². The van der Waals surface area contributed by atoms with Crippen LogP contribution in [0.4, 0.5) is 0 Å². The second-order valence-corrected chi connectivity index (χ2v) is 2.24. The molecule has 3 N–H and O–H groups in total. The summed E-state index contributed by atoms with van der Waals surface area (Å²) >= 11 is 0. The molecule has 54 valence electrons. The predicted molar refractivity (Wildman–Crippen MR) is 38.8 cm³/mol. The molecule has 1 aromatic heterocycles. The topological polar surface area (TPSA) is 58.9 Å². The Morgan fingerprint density at radius 3 is 2.90 bits per heavy atom. The molecule has 0 bridgehead atoms. The van der Waals surface area contributed by atoms with E-state index in [0.29, 0.717) is 5.69 Å². The Morgan fingerprint density at radius 2 is 2.50 bits per heavy atom. The number of aromatic nitrogens is 1. The van der Waals surface area contributed by atoms with Crippen molar-refractivity contribution in [2.45, 2.75) is 13.0 Å². The van der Waals surface area contributed by atoms with Gasteiger partial charge in [0.15, 0.2) is 5.78 Å². The molecule has 0 saturated carbocycles. The predicted octanol–water partition coefficient (Wildman–Crippen LogP) is 0.545. The van der Waals surface area contributed by atoms with Crippen LogP contribution in [-0.2, 0) is 0 Å². The quantitative estimate of drug-likeness (QED) is 0.586. The fourth-order valence-corrected chi connectivity index (χ4v) is 0.729. The molecule has 3 heteroatoms. The van der Waals surface area contributed by atoms with Crippen molar-refractivity contribution in [2.24, 2.45) is 5.73 Å². The molecule has 10 heavy (non-hydrogen) atoms. The Bertz CT molecular complexity index is 214. The van der Waals surface area contributed by atoms with Gasteiger partial charge in [-0.2, -0.15) is 0 Å². The zero-order valence-electron chi connectivity index (χ0n) is 5.79. The van der Waals surface area contributed by atoms with Crippen molar-refractivity contribution in [1.82, 2.24) is 4.98 Å². The molecule has 0 aliphatic carbocycles. The van der Waals surface area contributed by atoms with Gasteiger partial charge < -0.3 is 10.7 Å². The molecule has 1 rings (SSSR count). The summed E-state index contributed by atoms with van der Waals surface area (Å²) in [5.74, 6) is -0.0509. The molecule has 0 unspecified atom stereocenters. The molecule has 0 saturated heterocycles. The van der Waals surface area contributed by atoms with Crippen LogP contribution in [0.5, 0.6) is 0 Å². The van der Waals surface area contributed by atoms with Crippen molar-refractivity contribution in [3.05, 3.63) is 24.0 Å². The van der Waals surface area contributed by atoms with E-state index in [9.17, 15) is 4.79 Å². The maximum absolute atomic E-state index is 11.0. The maximum Gasteiger partial charge on any atom is 0.195 e. The molecule has 0 fully saturated rings. The highest BCUT2D eigenvalue weighted by Gasteiger charge is 2.09. The number of rotatable bonds is 2. The van der Waals surface area contributed by atoms with E-state index in [2.05, 4.69) is 4.98 Å². The fourth-order valence-electron chi connectivity index (χ4n) is 0.729. The molecular formula is C7H10N2O. The summed E-state index contributed by atoms with van der Waals surface area (Å²) in [6.45, 7) is 1.67. The summed E-state index contributed by atoms with van der Waals surface area (Å²) in [6.07, 6.45) is 1.70. The third kappa shape index (κ3) is 1.25. The Kier molecular flexibility index (Phi) is 1.87. The van der Waals surface area contributed by atoms with E-state index < -0.39 is 6.04 Å². The third-order valence-corrected chi connectivity index (χ3v) is 1.28. The van der Waals surface area contributed by atoms with Gasteiger partial charge in [-0.05, 0) is 19.1 Å². The number of H-pyrrole nitrogens is 1. The molecule has 0 aliphatic heterocycles. The molecule has 1 heterocycles. The van der Waals surface area contributed by atoms with Gasteiger partial charge in [0.25, 0.3) is 0 Å². The van der Waals surface area contributed by atoms with Gasteiger partial charge >= 0.3 is 0 Å². The highest BCUT2D eigenvalue weighted by molar-refractivity contribution is 5.98. The molecule has 0 aliphatic rings. The second kappa shape index (κ2) is 2.66. The number of nitrogens with one attached hydrogen (secondary N) is 1. The standard InChI is InChI=1S/C7H10N2O/c1-5(8)7(10)6-3-2-4-9-6/h2-5,9H,8H2,1H3/t5-/m1/s1. The van der Waals surface area contributed by atoms with Crippen LogP contribution in [0.15, 0.2) is 18.3 Å². The Morgan fingerprint density at radius 1 is 1.80 bits per heavy atom. The van der Waals surface area contributed by atoms with Crippen LogP contribution in [0.3, 0.4) is 0 Å². The Labute approximate surface area is 59.2 Å². The van der Waals surface area contributed by atoms with Crippen LogP contribution < -0.4 is 5.73 Å². The summed E-state index contributed by atoms with van der Waals surface area (Å²) in [4.78, 5) is 13.8. The minimum absolute atomic E-state index is 0.0509. The Hall–Kier alpha value is -1.09. The van der Waals surface area contributed by atoms with Crippen molar-refractivity contribution < 1.29 is 4.79 Å². The summed E-state index contributed by atoms with van der Waals surface area (Å²) in [5.41, 5.74) is 5.94. The average molecular weight is 138 g/mol. The van der Waals surface area contributed by atoms with Crippen molar-refractivity contribution in [3.63, 3.8) is 0 Å². The SMILES string of the molecule is C[C@@H](N)C(=O)c1ccc[nH]1. The monoisotopic (exact) mass is 138 g/mol. The largest absolute Gasteiger partial charge is 0.359 e. The third-order valence-electron chi connectivity index (χ3n) is 1.28. The highest BCUT2D eigenvalue weighted by Crippen LogP contribution is 1.97. The second-order valence-electron chi connectivity index (χ2n) is 2.24. The molecule has 0 amide bonds. The Balaban J connectivity index is 2.78. The number of Topliss-reactive ketones (excluding diaryl/α,β-unsaturated/α-hetero) is 1. The van der Waals surface area contributed by atoms with E-state index in [-0.39, 0.29) is 5.78 Å². The van der Waals surface area contributed by atoms with Gasteiger partial charge in [0.1, 0.15) is 0 Å². The van der Waals surface area contributed by atoms with Crippen LogP contribution in [-0.4, -0.2) is 16.8 Å². The van der Waals surface area contributed by atoms with Gasteiger partial charge in [-0.15, -0.1) is 0 Å². The van der Waals surface area contributed by atoms with Crippen molar-refractivity contribution in [1.29, 1.82) is 0 Å². The lowest BCUT2D eigenvalue weighted by Crippen LogP contribution is -2.26. The number of aromatic amines is 1. The highest BCUT2D eigenvalue weighted by atomic mass is 16.1. The van der Waals surface area contributed by atoms with Crippen LogP contribution >= 0.6 is 0 Å². The summed E-state index contributed by atoms with van der Waals surface area (Å²) in [5, 5.41) is 0. The number of carbonyl (C=O) groups is 1. The lowest BCUT2D eigenvalue weighted by molar-refractivity contribution is 0.0963. The minimum Gasteiger partial charge on any atom is -0.359 e. The van der Waals surface area contributed by atoms with E-state index in [4.69, 9.17) is 5.73 Å². The molecule has 0 radical (unpaired) electrons. The van der Waals surface area contributed by atoms with Crippen molar-refractivity contribution in [2.75, 3.05) is 0 Å². The van der Waals surface area contributed by atoms with Crippen LogP contribution in [0.25, 0.3) is 0 Å². The molecule has 3 nitrogen and oxygen atoms in total. The smallest absolute Gasteiger partial charge is 0.195 e. The van der Waals surface area contributed by atoms with Crippen molar-refractivity contribution >= 4 is 5.78 Å². The van der Waals surface area contributed by atoms with Gasteiger partial charge in [0.05, 0.1) is 11.7 Å². The van der Waals surface area contributed by atoms with E-state index in [1.54, 1.807) is 25.3 Å². The molecule has 0 aromatic carbocycles. The van der Waals surface area contributed by atoms with Crippen LogP contribution in [0.2, 0.25) is 0 Å². The summed E-state index contributed by atoms with van der Waals surface area (Å²) in [7, 11) is 0. The van der Waals surface area contributed by atoms with Gasteiger partial charge in [-0.3, -0.25) is 4.79 Å². The molecular weight excluding hydrogens is 128 g/mol. The zero-order chi connectivity index (χ0) is 7.56. The minimum atomic E-state index is -0.418. The first-order chi connectivity index (χ1) is 4.72. The average Bonchev–Trinajstić information content (AvgIpc) is 2.36. The van der Waals surface area contributed by atoms with E-state index in [1.165, 1.54) is 0 Å². The molecule has 1 aromatic rings. The number of hydrogen-bond acceptors (Lipinski definition) is 2. The van der Waals surface area contributed by atoms with E-state index >= 15 is 0 Å². The number of carbonyl (C=O) groups excluding carboxylic acids is 1. The first-order valence-electron chi connectivity index (χ1n) is 3.15. The lowest BCUT2D eigenvalue weighted by Gasteiger charge is -1.99. The normalized spacial score (nSPS) is 13.0. The van der Waals surface area contributed by atoms with Gasteiger partial charge in [-0.25, -0.2) is 0 Å². The van der Waals surface area contributed by atoms with Gasteiger partial charge in [0.2, 0.25) is 0 Å². The maximum atomic E-state index is 11.0. The summed E-state index contributed by atoms with van der Waals surface area (Å²) < 4.78 is 0.